The minimum atomic E-state index is -0.0801. The van der Waals surface area contributed by atoms with Gasteiger partial charge in [-0.25, -0.2) is 0 Å². The van der Waals surface area contributed by atoms with Gasteiger partial charge < -0.3 is 5.11 Å². The van der Waals surface area contributed by atoms with Gasteiger partial charge in [-0.15, -0.1) is 0 Å². The molecule has 0 aromatic heterocycles. The van der Waals surface area contributed by atoms with Crippen molar-refractivity contribution < 1.29 is 5.11 Å². The summed E-state index contributed by atoms with van der Waals surface area (Å²) in [5.74, 6) is 5.11. The van der Waals surface area contributed by atoms with Gasteiger partial charge in [0, 0.05) is 0 Å². The summed E-state index contributed by atoms with van der Waals surface area (Å²) in [5.41, 5.74) is 3.41. The smallest absolute Gasteiger partial charge is 0.0594 e. The van der Waals surface area contributed by atoms with E-state index in [0.717, 1.165) is 36.0 Å². The van der Waals surface area contributed by atoms with Crippen molar-refractivity contribution in [2.75, 3.05) is 0 Å². The molecule has 9 unspecified atom stereocenters. The van der Waals surface area contributed by atoms with Crippen LogP contribution in [0.1, 0.15) is 112 Å². The van der Waals surface area contributed by atoms with Crippen LogP contribution in [-0.4, -0.2) is 11.2 Å². The zero-order chi connectivity index (χ0) is 22.4. The van der Waals surface area contributed by atoms with Crippen LogP contribution in [0.2, 0.25) is 0 Å². The second-order valence-corrected chi connectivity index (χ2v) is 14.2. The summed E-state index contributed by atoms with van der Waals surface area (Å²) < 4.78 is 0. The molecule has 5 aliphatic rings. The van der Waals surface area contributed by atoms with Crippen molar-refractivity contribution in [1.82, 2.24) is 0 Å². The van der Waals surface area contributed by atoms with Gasteiger partial charge in [0.05, 0.1) is 6.10 Å². The van der Waals surface area contributed by atoms with Crippen LogP contribution < -0.4 is 0 Å². The van der Waals surface area contributed by atoms with Gasteiger partial charge >= 0.3 is 0 Å². The Labute approximate surface area is 192 Å². The van der Waals surface area contributed by atoms with Gasteiger partial charge in [-0.2, -0.15) is 0 Å². The fraction of sp³-hybridized carbons (Fsp3) is 0.933. The average Bonchev–Trinajstić information content (AvgIpc) is 3.25. The second-order valence-electron chi connectivity index (χ2n) is 14.2. The van der Waals surface area contributed by atoms with Crippen molar-refractivity contribution >= 4 is 0 Å². The van der Waals surface area contributed by atoms with Crippen LogP contribution >= 0.6 is 0 Å². The van der Waals surface area contributed by atoms with Crippen molar-refractivity contribution in [2.45, 2.75) is 118 Å². The van der Waals surface area contributed by atoms with Gasteiger partial charge in [0.2, 0.25) is 0 Å². The zero-order valence-corrected chi connectivity index (χ0v) is 21.5. The summed E-state index contributed by atoms with van der Waals surface area (Å²) in [6.45, 7) is 19.0. The fourth-order valence-corrected chi connectivity index (χ4v) is 10.7. The lowest BCUT2D eigenvalue weighted by Crippen LogP contribution is -2.54. The standard InChI is InChI=1S/C30H50O/c1-19(2)20(3)8-9-21(4)22-10-11-23-24-12-13-25-27(5,6)26(31)14-15-30(25)18-29(24,30)17-16-28(22,23)7/h19,21-26,31H,3,8-18H2,1-2,4-7H3. The topological polar surface area (TPSA) is 20.2 Å². The Morgan fingerprint density at radius 3 is 2.32 bits per heavy atom. The normalized spacial score (nSPS) is 50.8. The fourth-order valence-electron chi connectivity index (χ4n) is 10.7. The number of allylic oxidation sites excluding steroid dienone is 1. The van der Waals surface area contributed by atoms with E-state index >= 15 is 0 Å². The van der Waals surface area contributed by atoms with E-state index < -0.39 is 0 Å². The summed E-state index contributed by atoms with van der Waals surface area (Å²) in [4.78, 5) is 0. The molecule has 5 saturated carbocycles. The molecule has 0 amide bonds. The lowest BCUT2D eigenvalue weighted by molar-refractivity contribution is -0.133. The SMILES string of the molecule is C=C(CCC(C)C1CCC2C3CCC4C(C)(C)C(O)CCC45CC35CCC12C)C(C)C. The Kier molecular flexibility index (Phi) is 5.15. The number of hydrogen-bond donors (Lipinski definition) is 1. The van der Waals surface area contributed by atoms with E-state index in [1.807, 2.05) is 0 Å². The first-order valence-corrected chi connectivity index (χ1v) is 13.9. The minimum Gasteiger partial charge on any atom is -0.393 e. The molecule has 5 rings (SSSR count). The molecule has 0 aliphatic heterocycles. The summed E-state index contributed by atoms with van der Waals surface area (Å²) in [6.07, 6.45) is 15.2. The van der Waals surface area contributed by atoms with Crippen molar-refractivity contribution in [3.8, 4) is 0 Å². The van der Waals surface area contributed by atoms with Crippen LogP contribution in [0, 0.1) is 57.2 Å². The van der Waals surface area contributed by atoms with E-state index in [1.54, 1.807) is 0 Å². The molecular formula is C30H50O. The van der Waals surface area contributed by atoms with Gasteiger partial charge in [0.25, 0.3) is 0 Å². The third kappa shape index (κ3) is 2.90. The number of aliphatic hydroxyl groups excluding tert-OH is 1. The van der Waals surface area contributed by atoms with Gasteiger partial charge in [0.15, 0.2) is 0 Å². The lowest BCUT2D eigenvalue weighted by Gasteiger charge is -2.59. The van der Waals surface area contributed by atoms with Gasteiger partial charge in [0.1, 0.15) is 0 Å². The summed E-state index contributed by atoms with van der Waals surface area (Å²) in [5, 5.41) is 10.8. The first kappa shape index (κ1) is 22.5. The van der Waals surface area contributed by atoms with Crippen molar-refractivity contribution in [3.63, 3.8) is 0 Å². The second kappa shape index (κ2) is 7.10. The Morgan fingerprint density at radius 1 is 0.903 bits per heavy atom. The molecule has 1 heteroatoms. The van der Waals surface area contributed by atoms with E-state index in [1.165, 1.54) is 69.8 Å². The molecule has 0 heterocycles. The quantitative estimate of drug-likeness (QED) is 0.441. The van der Waals surface area contributed by atoms with Crippen LogP contribution in [0.25, 0.3) is 0 Å². The molecule has 1 N–H and O–H groups in total. The molecule has 31 heavy (non-hydrogen) atoms. The van der Waals surface area contributed by atoms with E-state index in [4.69, 9.17) is 0 Å². The van der Waals surface area contributed by atoms with Crippen molar-refractivity contribution in [2.24, 2.45) is 57.2 Å². The molecule has 0 aromatic rings. The van der Waals surface area contributed by atoms with Crippen LogP contribution in [0.15, 0.2) is 12.2 Å². The third-order valence-corrected chi connectivity index (χ3v) is 12.8. The molecule has 0 saturated heterocycles. The van der Waals surface area contributed by atoms with E-state index in [0.29, 0.717) is 22.2 Å². The highest BCUT2D eigenvalue weighted by Crippen LogP contribution is 2.87. The van der Waals surface area contributed by atoms with Crippen LogP contribution in [0.3, 0.4) is 0 Å². The molecule has 9 atom stereocenters. The predicted molar refractivity (Wildman–Crippen MR) is 131 cm³/mol. The Hall–Kier alpha value is -0.300. The largest absolute Gasteiger partial charge is 0.393 e. The maximum Gasteiger partial charge on any atom is 0.0594 e. The minimum absolute atomic E-state index is 0.0801. The highest BCUT2D eigenvalue weighted by molar-refractivity contribution is 5.28. The van der Waals surface area contributed by atoms with Gasteiger partial charge in [-0.05, 0) is 128 Å². The average molecular weight is 427 g/mol. The molecule has 0 bridgehead atoms. The van der Waals surface area contributed by atoms with Crippen LogP contribution in [0.5, 0.6) is 0 Å². The number of fused-ring (bicyclic) bond motifs is 2. The monoisotopic (exact) mass is 426 g/mol. The summed E-state index contributed by atoms with van der Waals surface area (Å²) in [7, 11) is 0. The first-order chi connectivity index (χ1) is 14.5. The molecular weight excluding hydrogens is 376 g/mol. The Morgan fingerprint density at radius 2 is 1.61 bits per heavy atom. The lowest BCUT2D eigenvalue weighted by atomic mass is 9.46. The van der Waals surface area contributed by atoms with Crippen LogP contribution in [-0.2, 0) is 0 Å². The summed E-state index contributed by atoms with van der Waals surface area (Å²) in [6, 6.07) is 0. The number of hydrogen-bond acceptors (Lipinski definition) is 1. The molecule has 5 fully saturated rings. The molecule has 0 aromatic carbocycles. The highest BCUT2D eigenvalue weighted by atomic mass is 16.3. The molecule has 176 valence electrons. The third-order valence-electron chi connectivity index (χ3n) is 12.8. The first-order valence-electron chi connectivity index (χ1n) is 13.9. The van der Waals surface area contributed by atoms with Crippen LogP contribution in [0.4, 0.5) is 0 Å². The highest BCUT2D eigenvalue weighted by Gasteiger charge is 2.80. The van der Waals surface area contributed by atoms with Gasteiger partial charge in [-0.3, -0.25) is 0 Å². The van der Waals surface area contributed by atoms with Gasteiger partial charge in [-0.1, -0.05) is 53.7 Å². The number of aliphatic hydroxyl groups is 1. The predicted octanol–water partition coefficient (Wildman–Crippen LogP) is 8.02. The Bertz CT molecular complexity index is 735. The summed E-state index contributed by atoms with van der Waals surface area (Å²) >= 11 is 0. The molecule has 5 aliphatic carbocycles. The maximum atomic E-state index is 10.8. The maximum absolute atomic E-state index is 10.8. The van der Waals surface area contributed by atoms with E-state index in [9.17, 15) is 5.11 Å². The Balaban J connectivity index is 1.34. The zero-order valence-electron chi connectivity index (χ0n) is 21.5. The van der Waals surface area contributed by atoms with Crippen molar-refractivity contribution in [3.05, 3.63) is 12.2 Å². The number of rotatable bonds is 5. The van der Waals surface area contributed by atoms with Crippen molar-refractivity contribution in [1.29, 1.82) is 0 Å². The van der Waals surface area contributed by atoms with E-state index in [-0.39, 0.29) is 11.5 Å². The molecule has 0 radical (unpaired) electrons. The van der Waals surface area contributed by atoms with E-state index in [2.05, 4.69) is 48.1 Å². The molecule has 2 spiro atoms. The molecule has 1 nitrogen and oxygen atoms in total.